The van der Waals surface area contributed by atoms with E-state index in [9.17, 15) is 14.4 Å². The fraction of sp³-hybridized carbons (Fsp3) is 0.389. The topological polar surface area (TPSA) is 100 Å². The Morgan fingerprint density at radius 2 is 1.92 bits per heavy atom. The molecule has 2 aromatic rings. The summed E-state index contributed by atoms with van der Waals surface area (Å²) in [5.74, 6) is -1.85. The highest BCUT2D eigenvalue weighted by atomic mass is 35.5. The Balaban J connectivity index is 1.88. The Bertz CT molecular complexity index is 816. The number of nitrogens with one attached hydrogen (secondary N) is 2. The summed E-state index contributed by atoms with van der Waals surface area (Å²) in [5.41, 5.74) is 0.819. The fourth-order valence-electron chi connectivity index (χ4n) is 2.62. The van der Waals surface area contributed by atoms with Gasteiger partial charge in [-0.05, 0) is 35.9 Å². The Morgan fingerprint density at radius 3 is 2.58 bits per heavy atom. The van der Waals surface area contributed by atoms with E-state index in [-0.39, 0.29) is 24.9 Å². The van der Waals surface area contributed by atoms with E-state index < -0.39 is 17.9 Å². The van der Waals surface area contributed by atoms with Gasteiger partial charge >= 0.3 is 5.97 Å². The molecule has 0 aliphatic rings. The van der Waals surface area contributed by atoms with E-state index in [4.69, 9.17) is 16.7 Å². The van der Waals surface area contributed by atoms with E-state index in [0.29, 0.717) is 11.4 Å². The Labute approximate surface area is 156 Å². The van der Waals surface area contributed by atoms with Crippen molar-refractivity contribution in [3.63, 3.8) is 0 Å². The molecule has 1 aromatic carbocycles. The zero-order valence-electron chi connectivity index (χ0n) is 14.7. The highest BCUT2D eigenvalue weighted by molar-refractivity contribution is 6.31. The van der Waals surface area contributed by atoms with Gasteiger partial charge in [-0.25, -0.2) is 4.79 Å². The summed E-state index contributed by atoms with van der Waals surface area (Å²) in [7, 11) is 0. The molecule has 0 radical (unpaired) electrons. The predicted molar refractivity (Wildman–Crippen MR) is 99.0 cm³/mol. The van der Waals surface area contributed by atoms with E-state index in [1.54, 1.807) is 22.9 Å². The van der Waals surface area contributed by atoms with Crippen LogP contribution >= 0.6 is 11.6 Å². The van der Waals surface area contributed by atoms with Crippen LogP contribution in [0.25, 0.3) is 10.9 Å². The Morgan fingerprint density at radius 1 is 1.19 bits per heavy atom. The molecule has 26 heavy (non-hydrogen) atoms. The summed E-state index contributed by atoms with van der Waals surface area (Å²) >= 11 is 5.98. The number of hydrogen-bond acceptors (Lipinski definition) is 3. The summed E-state index contributed by atoms with van der Waals surface area (Å²) in [6.45, 7) is 3.50. The Kier molecular flexibility index (Phi) is 6.63. The van der Waals surface area contributed by atoms with Crippen molar-refractivity contribution in [2.24, 2.45) is 5.92 Å². The molecule has 2 rings (SSSR count). The zero-order chi connectivity index (χ0) is 19.3. The third-order valence-corrected chi connectivity index (χ3v) is 4.07. The lowest BCUT2D eigenvalue weighted by molar-refractivity contribution is -0.142. The van der Waals surface area contributed by atoms with Crippen molar-refractivity contribution < 1.29 is 19.5 Å². The molecule has 0 fully saturated rings. The fourth-order valence-corrected chi connectivity index (χ4v) is 2.79. The SMILES string of the molecule is CC(C)C[C@H](NC(=O)CNC(=O)Cn1ccc2ccc(Cl)cc21)C(=O)O. The van der Waals surface area contributed by atoms with Crippen LogP contribution in [0.3, 0.4) is 0 Å². The summed E-state index contributed by atoms with van der Waals surface area (Å²) in [6.07, 6.45) is 2.09. The molecule has 3 N–H and O–H groups in total. The number of carbonyl (C=O) groups is 3. The van der Waals surface area contributed by atoms with E-state index in [1.807, 2.05) is 26.0 Å². The number of benzene rings is 1. The minimum atomic E-state index is -1.09. The van der Waals surface area contributed by atoms with Gasteiger partial charge in [0.1, 0.15) is 12.6 Å². The number of carbonyl (C=O) groups excluding carboxylic acids is 2. The molecule has 0 saturated carbocycles. The minimum absolute atomic E-state index is 0.0332. The molecule has 2 amide bonds. The number of carboxylic acid groups (broad SMARTS) is 1. The highest BCUT2D eigenvalue weighted by Crippen LogP contribution is 2.20. The first kappa shape index (κ1) is 19.8. The maximum absolute atomic E-state index is 12.1. The van der Waals surface area contributed by atoms with Crippen LogP contribution in [0.1, 0.15) is 20.3 Å². The van der Waals surface area contributed by atoms with Crippen molar-refractivity contribution in [3.8, 4) is 0 Å². The maximum Gasteiger partial charge on any atom is 0.326 e. The number of amides is 2. The summed E-state index contributed by atoms with van der Waals surface area (Å²) in [5, 5.41) is 15.6. The number of hydrogen-bond donors (Lipinski definition) is 3. The van der Waals surface area contributed by atoms with Gasteiger partial charge in [0.05, 0.1) is 6.54 Å². The van der Waals surface area contributed by atoms with Crippen molar-refractivity contribution in [1.82, 2.24) is 15.2 Å². The number of nitrogens with zero attached hydrogens (tertiary/aromatic N) is 1. The van der Waals surface area contributed by atoms with Crippen LogP contribution in [0.5, 0.6) is 0 Å². The van der Waals surface area contributed by atoms with E-state index in [1.165, 1.54) is 0 Å². The molecule has 0 aliphatic heterocycles. The van der Waals surface area contributed by atoms with Gasteiger partial charge in [-0.2, -0.15) is 0 Å². The van der Waals surface area contributed by atoms with Gasteiger partial charge in [-0.15, -0.1) is 0 Å². The zero-order valence-corrected chi connectivity index (χ0v) is 15.4. The van der Waals surface area contributed by atoms with Crippen LogP contribution in [0.4, 0.5) is 0 Å². The van der Waals surface area contributed by atoms with Crippen LogP contribution < -0.4 is 10.6 Å². The molecule has 1 aromatic heterocycles. The van der Waals surface area contributed by atoms with Crippen LogP contribution in [0, 0.1) is 5.92 Å². The second kappa shape index (κ2) is 8.71. The molecule has 0 spiro atoms. The largest absolute Gasteiger partial charge is 0.480 e. The lowest BCUT2D eigenvalue weighted by Crippen LogP contribution is -2.46. The molecule has 1 heterocycles. The first-order valence-electron chi connectivity index (χ1n) is 8.29. The normalized spacial score (nSPS) is 12.2. The van der Waals surface area contributed by atoms with Gasteiger partial charge in [0.25, 0.3) is 0 Å². The summed E-state index contributed by atoms with van der Waals surface area (Å²) < 4.78 is 1.73. The number of halogens is 1. The number of rotatable bonds is 8. The van der Waals surface area contributed by atoms with Gasteiger partial charge in [0, 0.05) is 16.7 Å². The monoisotopic (exact) mass is 379 g/mol. The van der Waals surface area contributed by atoms with Crippen LogP contribution in [-0.2, 0) is 20.9 Å². The van der Waals surface area contributed by atoms with Gasteiger partial charge in [-0.1, -0.05) is 31.5 Å². The van der Waals surface area contributed by atoms with Crippen molar-refractivity contribution in [1.29, 1.82) is 0 Å². The summed E-state index contributed by atoms with van der Waals surface area (Å²) in [6, 6.07) is 6.31. The number of aliphatic carboxylic acids is 1. The van der Waals surface area contributed by atoms with Crippen LogP contribution in [0.15, 0.2) is 30.5 Å². The molecular weight excluding hydrogens is 358 g/mol. The molecular formula is C18H22ClN3O4. The number of fused-ring (bicyclic) bond motifs is 1. The molecule has 8 heteroatoms. The van der Waals surface area contributed by atoms with Crippen molar-refractivity contribution in [2.75, 3.05) is 6.54 Å². The molecule has 7 nitrogen and oxygen atoms in total. The van der Waals surface area contributed by atoms with Crippen molar-refractivity contribution in [2.45, 2.75) is 32.9 Å². The lowest BCUT2D eigenvalue weighted by atomic mass is 10.0. The van der Waals surface area contributed by atoms with Gasteiger partial charge < -0.3 is 20.3 Å². The second-order valence-corrected chi connectivity index (χ2v) is 6.95. The molecule has 0 aliphatic carbocycles. The average molecular weight is 380 g/mol. The Hall–Kier alpha value is -2.54. The van der Waals surface area contributed by atoms with Gasteiger partial charge in [0.2, 0.25) is 11.8 Å². The first-order chi connectivity index (χ1) is 12.3. The second-order valence-electron chi connectivity index (χ2n) is 6.51. The lowest BCUT2D eigenvalue weighted by Gasteiger charge is -2.16. The summed E-state index contributed by atoms with van der Waals surface area (Å²) in [4.78, 5) is 35.1. The van der Waals surface area contributed by atoms with Gasteiger partial charge in [-0.3, -0.25) is 9.59 Å². The van der Waals surface area contributed by atoms with E-state index in [0.717, 1.165) is 10.9 Å². The smallest absolute Gasteiger partial charge is 0.326 e. The molecule has 140 valence electrons. The predicted octanol–water partition coefficient (Wildman–Crippen LogP) is 2.03. The quantitative estimate of drug-likeness (QED) is 0.653. The molecule has 0 bridgehead atoms. The molecule has 1 atom stereocenters. The molecule has 0 unspecified atom stereocenters. The van der Waals surface area contributed by atoms with Crippen molar-refractivity contribution >= 4 is 40.3 Å². The molecule has 0 saturated heterocycles. The van der Waals surface area contributed by atoms with Crippen LogP contribution in [-0.4, -0.2) is 40.0 Å². The van der Waals surface area contributed by atoms with Gasteiger partial charge in [0.15, 0.2) is 0 Å². The first-order valence-corrected chi connectivity index (χ1v) is 8.67. The maximum atomic E-state index is 12.1. The third-order valence-electron chi connectivity index (χ3n) is 3.84. The minimum Gasteiger partial charge on any atom is -0.480 e. The van der Waals surface area contributed by atoms with E-state index >= 15 is 0 Å². The standard InChI is InChI=1S/C18H22ClN3O4/c1-11(2)7-14(18(25)26)21-16(23)9-20-17(24)10-22-6-5-12-3-4-13(19)8-15(12)22/h3-6,8,11,14H,7,9-10H2,1-2H3,(H,20,24)(H,21,23)(H,25,26)/t14-/m0/s1. The highest BCUT2D eigenvalue weighted by Gasteiger charge is 2.21. The average Bonchev–Trinajstić information content (AvgIpc) is 2.94. The number of aromatic nitrogens is 1. The van der Waals surface area contributed by atoms with Crippen molar-refractivity contribution in [3.05, 3.63) is 35.5 Å². The van der Waals surface area contributed by atoms with Crippen LogP contribution in [0.2, 0.25) is 5.02 Å². The third kappa shape index (κ3) is 5.49. The van der Waals surface area contributed by atoms with E-state index in [2.05, 4.69) is 10.6 Å². The number of carboxylic acids is 1.